The number of aliphatic carboxylic acids is 1. The molecule has 7 nitrogen and oxygen atoms in total. The molecule has 0 saturated carbocycles. The van der Waals surface area contributed by atoms with Crippen LogP contribution in [0.4, 0.5) is 4.79 Å². The van der Waals surface area contributed by atoms with Crippen LogP contribution >= 0.6 is 0 Å². The summed E-state index contributed by atoms with van der Waals surface area (Å²) in [7, 11) is 0. The Hall–Kier alpha value is -2.83. The summed E-state index contributed by atoms with van der Waals surface area (Å²) in [6.45, 7) is 2.72. The number of aromatic nitrogens is 2. The molecule has 0 fully saturated rings. The summed E-state index contributed by atoms with van der Waals surface area (Å²) in [5.74, 6) is -1.12. The molecule has 1 aromatic carbocycles. The minimum atomic E-state index is -1.12. The van der Waals surface area contributed by atoms with Gasteiger partial charge in [-0.15, -0.1) is 0 Å². The number of rotatable bonds is 7. The lowest BCUT2D eigenvalue weighted by molar-refractivity contribution is -0.139. The van der Waals surface area contributed by atoms with E-state index in [-0.39, 0.29) is 13.0 Å². The number of carbonyl (C=O) groups is 2. The Morgan fingerprint density at radius 1 is 1.30 bits per heavy atom. The fourth-order valence-corrected chi connectivity index (χ4v) is 2.03. The number of hydrogen-bond donors (Lipinski definition) is 2. The van der Waals surface area contributed by atoms with Gasteiger partial charge in [0.1, 0.15) is 12.6 Å². The molecule has 2 aromatic rings. The van der Waals surface area contributed by atoms with E-state index in [0.29, 0.717) is 6.54 Å². The van der Waals surface area contributed by atoms with Gasteiger partial charge in [-0.05, 0) is 18.1 Å². The van der Waals surface area contributed by atoms with Gasteiger partial charge in [-0.25, -0.2) is 9.59 Å². The van der Waals surface area contributed by atoms with Crippen molar-refractivity contribution >= 4 is 12.1 Å². The van der Waals surface area contributed by atoms with E-state index in [2.05, 4.69) is 10.4 Å². The van der Waals surface area contributed by atoms with E-state index >= 15 is 0 Å². The molecule has 0 aliphatic rings. The zero-order chi connectivity index (χ0) is 16.7. The van der Waals surface area contributed by atoms with Crippen molar-refractivity contribution in [2.45, 2.75) is 32.5 Å². The minimum Gasteiger partial charge on any atom is -0.480 e. The Morgan fingerprint density at radius 2 is 2.04 bits per heavy atom. The smallest absolute Gasteiger partial charge is 0.408 e. The van der Waals surface area contributed by atoms with E-state index in [1.807, 2.05) is 37.3 Å². The van der Waals surface area contributed by atoms with Crippen LogP contribution in [0.2, 0.25) is 0 Å². The Balaban J connectivity index is 1.88. The van der Waals surface area contributed by atoms with Gasteiger partial charge < -0.3 is 15.2 Å². The second-order valence-electron chi connectivity index (χ2n) is 5.01. The Bertz CT molecular complexity index is 654. The summed E-state index contributed by atoms with van der Waals surface area (Å²) in [4.78, 5) is 23.1. The number of benzene rings is 1. The zero-order valence-electron chi connectivity index (χ0n) is 12.8. The topological polar surface area (TPSA) is 93.5 Å². The second kappa shape index (κ2) is 7.98. The number of ether oxygens (including phenoxy) is 1. The van der Waals surface area contributed by atoms with Gasteiger partial charge in [-0.1, -0.05) is 30.3 Å². The predicted octanol–water partition coefficient (Wildman–Crippen LogP) is 1.83. The fourth-order valence-electron chi connectivity index (χ4n) is 2.03. The Labute approximate surface area is 133 Å². The highest BCUT2D eigenvalue weighted by atomic mass is 16.5. The normalized spacial score (nSPS) is 11.7. The average Bonchev–Trinajstić information content (AvgIpc) is 3.01. The van der Waals surface area contributed by atoms with Crippen molar-refractivity contribution in [2.75, 3.05) is 0 Å². The number of hydrogen-bond acceptors (Lipinski definition) is 4. The van der Waals surface area contributed by atoms with Gasteiger partial charge in [-0.2, -0.15) is 5.10 Å². The second-order valence-corrected chi connectivity index (χ2v) is 5.01. The van der Waals surface area contributed by atoms with Crippen molar-refractivity contribution in [1.29, 1.82) is 0 Å². The van der Waals surface area contributed by atoms with Crippen molar-refractivity contribution in [3.05, 3.63) is 53.9 Å². The lowest BCUT2D eigenvalue weighted by Crippen LogP contribution is -2.42. The highest BCUT2D eigenvalue weighted by Crippen LogP contribution is 2.05. The first-order valence-corrected chi connectivity index (χ1v) is 7.30. The van der Waals surface area contributed by atoms with Crippen LogP contribution in [0.25, 0.3) is 0 Å². The SMILES string of the molecule is CCn1cc(CC(NC(=O)OCc2ccccc2)C(=O)O)cn1. The maximum atomic E-state index is 11.8. The zero-order valence-corrected chi connectivity index (χ0v) is 12.8. The van der Waals surface area contributed by atoms with Crippen molar-refractivity contribution in [1.82, 2.24) is 15.1 Å². The third-order valence-electron chi connectivity index (χ3n) is 3.25. The molecular formula is C16H19N3O4. The molecule has 0 spiro atoms. The van der Waals surface area contributed by atoms with Crippen LogP contribution in [0.5, 0.6) is 0 Å². The van der Waals surface area contributed by atoms with E-state index in [4.69, 9.17) is 4.74 Å². The summed E-state index contributed by atoms with van der Waals surface area (Å²) >= 11 is 0. The number of amides is 1. The van der Waals surface area contributed by atoms with E-state index < -0.39 is 18.1 Å². The molecule has 1 heterocycles. The van der Waals surface area contributed by atoms with Gasteiger partial charge in [0.05, 0.1) is 6.20 Å². The maximum Gasteiger partial charge on any atom is 0.408 e. The van der Waals surface area contributed by atoms with E-state index in [1.54, 1.807) is 17.1 Å². The molecular weight excluding hydrogens is 298 g/mol. The number of carboxylic acid groups (broad SMARTS) is 1. The van der Waals surface area contributed by atoms with Crippen LogP contribution in [0.1, 0.15) is 18.1 Å². The van der Waals surface area contributed by atoms with Crippen molar-refractivity contribution in [2.24, 2.45) is 0 Å². The van der Waals surface area contributed by atoms with Crippen LogP contribution < -0.4 is 5.32 Å². The minimum absolute atomic E-state index is 0.0901. The van der Waals surface area contributed by atoms with Crippen LogP contribution in [0.3, 0.4) is 0 Å². The summed E-state index contributed by atoms with van der Waals surface area (Å²) in [6.07, 6.45) is 2.74. The maximum absolute atomic E-state index is 11.8. The molecule has 2 rings (SSSR count). The van der Waals surface area contributed by atoms with Crippen LogP contribution in [0.15, 0.2) is 42.7 Å². The molecule has 1 atom stereocenters. The lowest BCUT2D eigenvalue weighted by Gasteiger charge is -2.13. The van der Waals surface area contributed by atoms with Gasteiger partial charge in [0.25, 0.3) is 0 Å². The fraction of sp³-hybridized carbons (Fsp3) is 0.312. The number of alkyl carbamates (subject to hydrolysis) is 1. The summed E-state index contributed by atoms with van der Waals surface area (Å²) in [5, 5.41) is 15.7. The number of nitrogens with zero attached hydrogens (tertiary/aromatic N) is 2. The standard InChI is InChI=1S/C16H19N3O4/c1-2-19-10-13(9-17-19)8-14(15(20)21)18-16(22)23-11-12-6-4-3-5-7-12/h3-7,9-10,14H,2,8,11H2,1H3,(H,18,22)(H,20,21). The summed E-state index contributed by atoms with van der Waals surface area (Å²) in [6, 6.07) is 8.11. The molecule has 0 saturated heterocycles. The third-order valence-corrected chi connectivity index (χ3v) is 3.25. The first-order valence-electron chi connectivity index (χ1n) is 7.30. The highest BCUT2D eigenvalue weighted by molar-refractivity contribution is 5.80. The lowest BCUT2D eigenvalue weighted by atomic mass is 10.1. The first kappa shape index (κ1) is 16.5. The number of carboxylic acids is 1. The molecule has 0 aliphatic heterocycles. The number of aryl methyl sites for hydroxylation is 1. The van der Waals surface area contributed by atoms with E-state index in [1.165, 1.54) is 0 Å². The molecule has 7 heteroatoms. The van der Waals surface area contributed by atoms with Crippen LogP contribution in [-0.2, 0) is 29.1 Å². The van der Waals surface area contributed by atoms with Crippen LogP contribution in [-0.4, -0.2) is 33.0 Å². The predicted molar refractivity (Wildman–Crippen MR) is 82.8 cm³/mol. The average molecular weight is 317 g/mol. The molecule has 2 N–H and O–H groups in total. The van der Waals surface area contributed by atoms with Gasteiger partial charge in [0.2, 0.25) is 0 Å². The quantitative estimate of drug-likeness (QED) is 0.812. The van der Waals surface area contributed by atoms with Crippen molar-refractivity contribution in [3.8, 4) is 0 Å². The van der Waals surface area contributed by atoms with Crippen molar-refractivity contribution < 1.29 is 19.4 Å². The van der Waals surface area contributed by atoms with E-state index in [0.717, 1.165) is 11.1 Å². The largest absolute Gasteiger partial charge is 0.480 e. The van der Waals surface area contributed by atoms with Gasteiger partial charge in [-0.3, -0.25) is 4.68 Å². The molecule has 1 amide bonds. The van der Waals surface area contributed by atoms with Gasteiger partial charge in [0, 0.05) is 19.2 Å². The van der Waals surface area contributed by atoms with Crippen molar-refractivity contribution in [3.63, 3.8) is 0 Å². The molecule has 0 aliphatic carbocycles. The first-order chi connectivity index (χ1) is 11.1. The molecule has 0 radical (unpaired) electrons. The monoisotopic (exact) mass is 317 g/mol. The van der Waals surface area contributed by atoms with Gasteiger partial charge >= 0.3 is 12.1 Å². The van der Waals surface area contributed by atoms with E-state index in [9.17, 15) is 14.7 Å². The molecule has 0 bridgehead atoms. The summed E-state index contributed by atoms with van der Waals surface area (Å²) < 4.78 is 6.73. The molecule has 23 heavy (non-hydrogen) atoms. The third kappa shape index (κ3) is 5.14. The Morgan fingerprint density at radius 3 is 2.65 bits per heavy atom. The number of carbonyl (C=O) groups excluding carboxylic acids is 1. The highest BCUT2D eigenvalue weighted by Gasteiger charge is 2.21. The Kier molecular flexibility index (Phi) is 5.74. The molecule has 1 aromatic heterocycles. The number of nitrogens with one attached hydrogen (secondary N) is 1. The van der Waals surface area contributed by atoms with Crippen LogP contribution in [0, 0.1) is 0 Å². The summed E-state index contributed by atoms with van der Waals surface area (Å²) in [5.41, 5.74) is 1.57. The molecule has 1 unspecified atom stereocenters. The van der Waals surface area contributed by atoms with Gasteiger partial charge in [0.15, 0.2) is 0 Å². The molecule has 122 valence electrons.